The molecule has 10 nitrogen and oxygen atoms in total. The fourth-order valence-corrected chi connectivity index (χ4v) is 8.07. The van der Waals surface area contributed by atoms with Crippen LogP contribution < -0.4 is 0 Å². The van der Waals surface area contributed by atoms with Crippen LogP contribution in [0.15, 0.2) is 46.2 Å². The van der Waals surface area contributed by atoms with Gasteiger partial charge in [0.1, 0.15) is 11.5 Å². The van der Waals surface area contributed by atoms with Gasteiger partial charge in [0, 0.05) is 63.5 Å². The molecule has 0 unspecified atom stereocenters. The summed E-state index contributed by atoms with van der Waals surface area (Å²) in [6.45, 7) is 4.01. The molecular weight excluding hydrogens is 528 g/mol. The average molecular weight is 567 g/mol. The van der Waals surface area contributed by atoms with Crippen molar-refractivity contribution in [2.75, 3.05) is 53.4 Å². The molecule has 0 radical (unpaired) electrons. The Balaban J connectivity index is 1.36. The van der Waals surface area contributed by atoms with Crippen molar-refractivity contribution >= 4 is 20.0 Å². The standard InChI is InChI=1S/C26H38N4O6S2/c1-27(19-21-17-23(7-9-25(21)31)37(33,34)29-11-3-4-12-29)15-16-28(2)20-22-18-24(8-10-26(22)32)38(35,36)30-13-5-6-14-30/h7-10,17-18,31-32H,3-6,11-16,19-20H2,1-2H3. The summed E-state index contributed by atoms with van der Waals surface area (Å²) in [4.78, 5) is 4.34. The third kappa shape index (κ3) is 6.49. The molecule has 210 valence electrons. The van der Waals surface area contributed by atoms with Gasteiger partial charge in [0.25, 0.3) is 0 Å². The van der Waals surface area contributed by atoms with Crippen LogP contribution in [0.2, 0.25) is 0 Å². The van der Waals surface area contributed by atoms with E-state index >= 15 is 0 Å². The van der Waals surface area contributed by atoms with Gasteiger partial charge in [-0.1, -0.05) is 0 Å². The second-order valence-electron chi connectivity index (χ2n) is 10.3. The van der Waals surface area contributed by atoms with Crippen LogP contribution in [-0.4, -0.2) is 98.8 Å². The van der Waals surface area contributed by atoms with Crippen molar-refractivity contribution in [2.24, 2.45) is 0 Å². The maximum Gasteiger partial charge on any atom is 0.243 e. The summed E-state index contributed by atoms with van der Waals surface area (Å²) < 4.78 is 54.7. The first-order valence-corrected chi connectivity index (χ1v) is 15.9. The second-order valence-corrected chi connectivity index (χ2v) is 14.2. The predicted octanol–water partition coefficient (Wildman–Crippen LogP) is 2.23. The SMILES string of the molecule is CN(CCN(C)Cc1cc(S(=O)(=O)N2CCCC2)ccc1O)Cc1cc(S(=O)(=O)N2CCCC2)ccc1O. The Kier molecular flexibility index (Phi) is 9.00. The lowest BCUT2D eigenvalue weighted by molar-refractivity contribution is 0.243. The minimum atomic E-state index is -3.57. The monoisotopic (exact) mass is 566 g/mol. The summed E-state index contributed by atoms with van der Waals surface area (Å²) in [7, 11) is -3.37. The van der Waals surface area contributed by atoms with Crippen LogP contribution >= 0.6 is 0 Å². The van der Waals surface area contributed by atoms with E-state index in [4.69, 9.17) is 0 Å². The van der Waals surface area contributed by atoms with E-state index in [1.54, 1.807) is 12.1 Å². The number of phenolic OH excluding ortho intramolecular Hbond substituents is 2. The number of benzene rings is 2. The van der Waals surface area contributed by atoms with E-state index in [9.17, 15) is 27.0 Å². The Labute approximate surface area is 226 Å². The largest absolute Gasteiger partial charge is 0.508 e. The fourth-order valence-electron chi connectivity index (χ4n) is 4.93. The normalized spacial score (nSPS) is 17.7. The quantitative estimate of drug-likeness (QED) is 0.425. The number of nitrogens with zero attached hydrogens (tertiary/aromatic N) is 4. The number of aromatic hydroxyl groups is 2. The van der Waals surface area contributed by atoms with Crippen molar-refractivity contribution in [3.63, 3.8) is 0 Å². The van der Waals surface area contributed by atoms with Gasteiger partial charge in [-0.25, -0.2) is 16.8 Å². The van der Waals surface area contributed by atoms with E-state index in [1.807, 2.05) is 23.9 Å². The van der Waals surface area contributed by atoms with Crippen LogP contribution in [0.4, 0.5) is 0 Å². The number of sulfonamides is 2. The molecule has 4 rings (SSSR count). The van der Waals surface area contributed by atoms with Crippen molar-refractivity contribution < 1.29 is 27.0 Å². The summed E-state index contributed by atoms with van der Waals surface area (Å²) in [5.41, 5.74) is 1.07. The van der Waals surface area contributed by atoms with Crippen molar-refractivity contribution in [3.05, 3.63) is 47.5 Å². The van der Waals surface area contributed by atoms with Crippen LogP contribution in [0, 0.1) is 0 Å². The molecular formula is C26H38N4O6S2. The minimum Gasteiger partial charge on any atom is -0.508 e. The van der Waals surface area contributed by atoms with Gasteiger partial charge in [-0.2, -0.15) is 8.61 Å². The Morgan fingerprint density at radius 1 is 0.658 bits per heavy atom. The van der Waals surface area contributed by atoms with Crippen LogP contribution in [0.25, 0.3) is 0 Å². The van der Waals surface area contributed by atoms with Crippen LogP contribution in [0.3, 0.4) is 0 Å². The third-order valence-corrected chi connectivity index (χ3v) is 11.0. The number of hydrogen-bond donors (Lipinski definition) is 2. The van der Waals surface area contributed by atoms with Gasteiger partial charge >= 0.3 is 0 Å². The lowest BCUT2D eigenvalue weighted by Crippen LogP contribution is -2.31. The molecule has 2 aliphatic rings. The highest BCUT2D eigenvalue weighted by Crippen LogP contribution is 2.28. The lowest BCUT2D eigenvalue weighted by atomic mass is 10.2. The van der Waals surface area contributed by atoms with Gasteiger partial charge < -0.3 is 20.0 Å². The number of hydrogen-bond acceptors (Lipinski definition) is 8. The Morgan fingerprint density at radius 2 is 1.00 bits per heavy atom. The molecule has 0 atom stereocenters. The minimum absolute atomic E-state index is 0.0477. The molecule has 2 aromatic carbocycles. The number of phenols is 2. The lowest BCUT2D eigenvalue weighted by Gasteiger charge is -2.23. The molecule has 2 fully saturated rings. The molecule has 2 aliphatic heterocycles. The first kappa shape index (κ1) is 28.8. The molecule has 2 saturated heterocycles. The summed E-state index contributed by atoms with van der Waals surface area (Å²) >= 11 is 0. The predicted molar refractivity (Wildman–Crippen MR) is 145 cm³/mol. The molecule has 2 heterocycles. The van der Waals surface area contributed by atoms with E-state index in [-0.39, 0.29) is 21.3 Å². The second kappa shape index (κ2) is 11.9. The molecule has 0 aliphatic carbocycles. The molecule has 0 amide bonds. The van der Waals surface area contributed by atoms with Gasteiger partial charge in [-0.05, 0) is 76.2 Å². The number of rotatable bonds is 11. The summed E-state index contributed by atoms with van der Waals surface area (Å²) in [5, 5.41) is 20.7. The third-order valence-electron chi connectivity index (χ3n) is 7.25. The Hall–Kier alpha value is -2.22. The summed E-state index contributed by atoms with van der Waals surface area (Å²) in [6, 6.07) is 8.87. The molecule has 2 N–H and O–H groups in total. The van der Waals surface area contributed by atoms with E-state index in [2.05, 4.69) is 0 Å². The Bertz CT molecular complexity index is 1230. The first-order chi connectivity index (χ1) is 18.0. The highest BCUT2D eigenvalue weighted by atomic mass is 32.2. The van der Waals surface area contributed by atoms with Gasteiger partial charge in [-0.3, -0.25) is 0 Å². The van der Waals surface area contributed by atoms with Gasteiger partial charge in [0.2, 0.25) is 20.0 Å². The van der Waals surface area contributed by atoms with Gasteiger partial charge in [0.05, 0.1) is 9.79 Å². The topological polar surface area (TPSA) is 122 Å². The number of likely N-dealkylation sites (N-methyl/N-ethyl adjacent to an activating group) is 2. The van der Waals surface area contributed by atoms with Crippen molar-refractivity contribution in [1.82, 2.24) is 18.4 Å². The highest BCUT2D eigenvalue weighted by Gasteiger charge is 2.29. The van der Waals surface area contributed by atoms with Gasteiger partial charge in [-0.15, -0.1) is 0 Å². The zero-order chi connectivity index (χ0) is 27.5. The van der Waals surface area contributed by atoms with Crippen LogP contribution in [0.1, 0.15) is 36.8 Å². The molecule has 2 aromatic rings. The maximum absolute atomic E-state index is 12.9. The fraction of sp³-hybridized carbons (Fsp3) is 0.538. The van der Waals surface area contributed by atoms with E-state index in [0.717, 1.165) is 25.7 Å². The first-order valence-electron chi connectivity index (χ1n) is 13.0. The average Bonchev–Trinajstić information content (AvgIpc) is 3.61. The molecule has 38 heavy (non-hydrogen) atoms. The van der Waals surface area contributed by atoms with Crippen molar-refractivity contribution in [1.29, 1.82) is 0 Å². The molecule has 12 heteroatoms. The summed E-state index contributed by atoms with van der Waals surface area (Å²) in [6.07, 6.45) is 3.43. The zero-order valence-electron chi connectivity index (χ0n) is 22.1. The van der Waals surface area contributed by atoms with Crippen LogP contribution in [-0.2, 0) is 33.1 Å². The smallest absolute Gasteiger partial charge is 0.243 e. The summed E-state index contributed by atoms with van der Waals surface area (Å²) in [5.74, 6) is 0.0954. The van der Waals surface area contributed by atoms with Crippen molar-refractivity contribution in [3.8, 4) is 11.5 Å². The van der Waals surface area contributed by atoms with E-state index in [1.165, 1.54) is 32.9 Å². The molecule has 0 spiro atoms. The maximum atomic E-state index is 12.9. The highest BCUT2D eigenvalue weighted by molar-refractivity contribution is 7.89. The zero-order valence-corrected chi connectivity index (χ0v) is 23.7. The van der Waals surface area contributed by atoms with E-state index < -0.39 is 20.0 Å². The molecule has 0 saturated carbocycles. The van der Waals surface area contributed by atoms with Crippen molar-refractivity contribution in [2.45, 2.75) is 48.6 Å². The molecule has 0 aromatic heterocycles. The molecule has 0 bridgehead atoms. The van der Waals surface area contributed by atoms with E-state index in [0.29, 0.717) is 63.5 Å². The van der Waals surface area contributed by atoms with Crippen LogP contribution in [0.5, 0.6) is 11.5 Å². The Morgan fingerprint density at radius 3 is 1.34 bits per heavy atom. The van der Waals surface area contributed by atoms with Gasteiger partial charge in [0.15, 0.2) is 0 Å².